The Bertz CT molecular complexity index is 3020. The third kappa shape index (κ3) is 5.07. The molecule has 0 saturated carbocycles. The van der Waals surface area contributed by atoms with Gasteiger partial charge in [-0.1, -0.05) is 146 Å². The van der Waals surface area contributed by atoms with E-state index in [-0.39, 0.29) is 0 Å². The normalized spacial score (nSPS) is 11.7. The number of thiophene rings is 1. The molecule has 1 aromatic heterocycles. The third-order valence-corrected chi connectivity index (χ3v) is 12.2. The largest absolute Gasteiger partial charge is 0.310 e. The average molecular weight is 704 g/mol. The first-order valence-electron chi connectivity index (χ1n) is 18.5. The van der Waals surface area contributed by atoms with Crippen molar-refractivity contribution in [3.63, 3.8) is 0 Å². The lowest BCUT2D eigenvalue weighted by Gasteiger charge is -2.26. The van der Waals surface area contributed by atoms with Crippen molar-refractivity contribution in [2.45, 2.75) is 0 Å². The molecule has 1 aliphatic rings. The van der Waals surface area contributed by atoms with E-state index in [0.717, 1.165) is 17.1 Å². The van der Waals surface area contributed by atoms with Gasteiger partial charge in [-0.05, 0) is 131 Å². The number of nitrogens with zero attached hydrogens (tertiary/aromatic N) is 1. The van der Waals surface area contributed by atoms with Crippen molar-refractivity contribution in [2.24, 2.45) is 0 Å². The summed E-state index contributed by atoms with van der Waals surface area (Å²) in [6, 6.07) is 73.5. The first-order chi connectivity index (χ1) is 26.7. The lowest BCUT2D eigenvalue weighted by atomic mass is 9.97. The molecule has 0 N–H and O–H groups in total. The molecule has 9 aromatic carbocycles. The summed E-state index contributed by atoms with van der Waals surface area (Å²) in [5.41, 5.74) is 13.5. The van der Waals surface area contributed by atoms with Crippen LogP contribution in [0, 0.1) is 0 Å². The highest BCUT2D eigenvalue weighted by Crippen LogP contribution is 2.49. The molecule has 1 aliphatic carbocycles. The topological polar surface area (TPSA) is 3.24 Å². The van der Waals surface area contributed by atoms with Crippen LogP contribution in [0.5, 0.6) is 0 Å². The highest BCUT2D eigenvalue weighted by Gasteiger charge is 2.23. The Balaban J connectivity index is 0.992. The number of hydrogen-bond acceptors (Lipinski definition) is 2. The lowest BCUT2D eigenvalue weighted by molar-refractivity contribution is 1.29. The zero-order chi connectivity index (χ0) is 35.6. The molecule has 252 valence electrons. The van der Waals surface area contributed by atoms with Gasteiger partial charge < -0.3 is 4.90 Å². The molecular weight excluding hydrogens is 671 g/mol. The number of hydrogen-bond donors (Lipinski definition) is 0. The molecule has 0 unspecified atom stereocenters. The summed E-state index contributed by atoms with van der Waals surface area (Å²) in [4.78, 5) is 4.95. The van der Waals surface area contributed by atoms with Gasteiger partial charge in [-0.25, -0.2) is 0 Å². The van der Waals surface area contributed by atoms with Gasteiger partial charge in [0, 0.05) is 26.8 Å². The van der Waals surface area contributed by atoms with E-state index in [1.54, 1.807) is 0 Å². The third-order valence-electron chi connectivity index (χ3n) is 11.0. The molecule has 1 heterocycles. The number of fused-ring (bicyclic) bond motifs is 6. The monoisotopic (exact) mass is 703 g/mol. The van der Waals surface area contributed by atoms with Gasteiger partial charge in [-0.2, -0.15) is 0 Å². The second-order valence-corrected chi connectivity index (χ2v) is 15.2. The Morgan fingerprint density at radius 2 is 0.870 bits per heavy atom. The molecular formula is C52H33NS. The minimum atomic E-state index is 1.12. The van der Waals surface area contributed by atoms with Gasteiger partial charge in [0.25, 0.3) is 0 Å². The van der Waals surface area contributed by atoms with Crippen LogP contribution in [0.4, 0.5) is 17.1 Å². The maximum Gasteiger partial charge on any atom is 0.0468 e. The molecule has 2 heteroatoms. The fourth-order valence-corrected chi connectivity index (χ4v) is 9.40. The second kappa shape index (κ2) is 12.4. The van der Waals surface area contributed by atoms with Crippen molar-refractivity contribution in [2.75, 3.05) is 4.90 Å². The minimum Gasteiger partial charge on any atom is -0.310 e. The van der Waals surface area contributed by atoms with Gasteiger partial charge >= 0.3 is 0 Å². The van der Waals surface area contributed by atoms with E-state index in [2.05, 4.69) is 205 Å². The molecule has 10 aromatic rings. The summed E-state index contributed by atoms with van der Waals surface area (Å²) in [5.74, 6) is 0. The quantitative estimate of drug-likeness (QED) is 0.156. The summed E-state index contributed by atoms with van der Waals surface area (Å²) in [5, 5.41) is 7.75. The van der Waals surface area contributed by atoms with Crippen LogP contribution in [-0.2, 0) is 0 Å². The molecule has 11 rings (SSSR count). The van der Waals surface area contributed by atoms with Crippen LogP contribution in [0.15, 0.2) is 200 Å². The zero-order valence-electron chi connectivity index (χ0n) is 29.4. The Kier molecular flexibility index (Phi) is 7.11. The highest BCUT2D eigenvalue weighted by atomic mass is 32.1. The molecule has 0 spiro atoms. The SMILES string of the molecule is c1ccc(-c2ccc(-c3ccc(N(c4ccc(-c5ccc6c(ccc7ccccc76)c5)cc4)c4ccc5c(c4)-c4cccc6cccc-5c46)cc3)s2)cc1. The molecule has 0 bridgehead atoms. The maximum absolute atomic E-state index is 2.40. The molecule has 0 aliphatic heterocycles. The van der Waals surface area contributed by atoms with Crippen LogP contribution < -0.4 is 4.90 Å². The van der Waals surface area contributed by atoms with Crippen LogP contribution in [0.25, 0.3) is 86.6 Å². The Morgan fingerprint density at radius 1 is 0.296 bits per heavy atom. The van der Waals surface area contributed by atoms with Crippen molar-refractivity contribution in [1.29, 1.82) is 0 Å². The fourth-order valence-electron chi connectivity index (χ4n) is 8.39. The lowest BCUT2D eigenvalue weighted by Crippen LogP contribution is -2.10. The standard InChI is InChI=1S/C52H33NS/c1-2-9-36(10-3-1)50-30-31-51(54-50)37-20-25-42(26-21-37)53(43-27-29-46-47-14-6-11-38-12-7-15-48(52(38)47)49(46)33-43)41-23-18-34(19-24-41)39-22-28-45-40(32-39)17-16-35-8-4-5-13-44(35)45/h1-33H. The molecule has 54 heavy (non-hydrogen) atoms. The predicted octanol–water partition coefficient (Wildman–Crippen LogP) is 15.3. The smallest absolute Gasteiger partial charge is 0.0468 e. The van der Waals surface area contributed by atoms with Crippen LogP contribution in [0.1, 0.15) is 0 Å². The number of anilines is 3. The van der Waals surface area contributed by atoms with Gasteiger partial charge in [0.1, 0.15) is 0 Å². The summed E-state index contributed by atoms with van der Waals surface area (Å²) in [7, 11) is 0. The molecule has 0 fully saturated rings. The fraction of sp³-hybridized carbons (Fsp3) is 0. The second-order valence-electron chi connectivity index (χ2n) is 14.1. The molecule has 0 radical (unpaired) electrons. The summed E-state index contributed by atoms with van der Waals surface area (Å²) in [6.45, 7) is 0. The van der Waals surface area contributed by atoms with E-state index >= 15 is 0 Å². The molecule has 0 atom stereocenters. The van der Waals surface area contributed by atoms with Crippen LogP contribution in [0.2, 0.25) is 0 Å². The van der Waals surface area contributed by atoms with Crippen LogP contribution in [-0.4, -0.2) is 0 Å². The van der Waals surface area contributed by atoms with Crippen molar-refractivity contribution in [3.8, 4) is 54.3 Å². The minimum absolute atomic E-state index is 1.12. The first kappa shape index (κ1) is 30.8. The molecule has 0 saturated heterocycles. The maximum atomic E-state index is 2.40. The van der Waals surface area contributed by atoms with Gasteiger partial charge in [-0.15, -0.1) is 11.3 Å². The van der Waals surface area contributed by atoms with E-state index in [1.165, 1.54) is 86.6 Å². The van der Waals surface area contributed by atoms with Crippen molar-refractivity contribution >= 4 is 60.7 Å². The Labute approximate surface area is 318 Å². The van der Waals surface area contributed by atoms with E-state index in [1.807, 2.05) is 11.3 Å². The van der Waals surface area contributed by atoms with Crippen LogP contribution in [0.3, 0.4) is 0 Å². The van der Waals surface area contributed by atoms with Crippen LogP contribution >= 0.6 is 11.3 Å². The van der Waals surface area contributed by atoms with Gasteiger partial charge in [0.2, 0.25) is 0 Å². The van der Waals surface area contributed by atoms with Gasteiger partial charge in [-0.3, -0.25) is 0 Å². The van der Waals surface area contributed by atoms with Crippen molar-refractivity contribution in [1.82, 2.24) is 0 Å². The summed E-state index contributed by atoms with van der Waals surface area (Å²) >= 11 is 1.84. The van der Waals surface area contributed by atoms with E-state index in [0.29, 0.717) is 0 Å². The van der Waals surface area contributed by atoms with E-state index in [9.17, 15) is 0 Å². The Hall–Kier alpha value is -6.74. The molecule has 0 amide bonds. The zero-order valence-corrected chi connectivity index (χ0v) is 30.2. The van der Waals surface area contributed by atoms with Gasteiger partial charge in [0.05, 0.1) is 0 Å². The Morgan fingerprint density at radius 3 is 1.63 bits per heavy atom. The first-order valence-corrected chi connectivity index (χ1v) is 19.3. The molecule has 1 nitrogen and oxygen atoms in total. The van der Waals surface area contributed by atoms with Crippen molar-refractivity contribution in [3.05, 3.63) is 200 Å². The average Bonchev–Trinajstić information content (AvgIpc) is 3.86. The summed E-state index contributed by atoms with van der Waals surface area (Å²) in [6.07, 6.45) is 0. The number of benzene rings is 9. The van der Waals surface area contributed by atoms with Gasteiger partial charge in [0.15, 0.2) is 0 Å². The predicted molar refractivity (Wildman–Crippen MR) is 232 cm³/mol. The van der Waals surface area contributed by atoms with E-state index < -0.39 is 0 Å². The van der Waals surface area contributed by atoms with E-state index in [4.69, 9.17) is 0 Å². The summed E-state index contributed by atoms with van der Waals surface area (Å²) < 4.78 is 0. The highest BCUT2D eigenvalue weighted by molar-refractivity contribution is 7.18. The van der Waals surface area contributed by atoms with Crippen molar-refractivity contribution < 1.29 is 0 Å². The number of rotatable bonds is 6.